The maximum atomic E-state index is 12.2. The fourth-order valence-corrected chi connectivity index (χ4v) is 4.46. The number of aliphatic hydroxyl groups excluding tert-OH is 1. The molecule has 0 aromatic carbocycles. The number of hydrogen-bond donors (Lipinski definition) is 1. The number of anilines is 2. The number of aliphatic hydroxyl groups is 1. The molecule has 3 heterocycles. The molecule has 11 heteroatoms. The van der Waals surface area contributed by atoms with Crippen LogP contribution in [0.3, 0.4) is 0 Å². The first-order valence-electron chi connectivity index (χ1n) is 9.26. The van der Waals surface area contributed by atoms with Gasteiger partial charge in [-0.1, -0.05) is 0 Å². The van der Waals surface area contributed by atoms with E-state index in [1.807, 2.05) is 12.1 Å². The smallest absolute Gasteiger partial charge is 0.281 e. The maximum absolute atomic E-state index is 12.2. The second-order valence-electron chi connectivity index (χ2n) is 6.98. The van der Waals surface area contributed by atoms with Crippen molar-refractivity contribution < 1.29 is 13.5 Å². The van der Waals surface area contributed by atoms with Crippen molar-refractivity contribution in [2.45, 2.75) is 0 Å². The maximum Gasteiger partial charge on any atom is 0.281 e. The number of piperazine rings is 2. The molecule has 0 saturated carbocycles. The summed E-state index contributed by atoms with van der Waals surface area (Å²) < 4.78 is 27.1. The molecule has 152 valence electrons. The summed E-state index contributed by atoms with van der Waals surface area (Å²) in [6.45, 7) is 6.55. The minimum Gasteiger partial charge on any atom is -0.395 e. The average Bonchev–Trinajstić information content (AvgIpc) is 2.69. The molecule has 2 saturated heterocycles. The van der Waals surface area contributed by atoms with Gasteiger partial charge in [0, 0.05) is 73.0 Å². The molecule has 1 aromatic rings. The Hall–Kier alpha value is -1.53. The van der Waals surface area contributed by atoms with Gasteiger partial charge in [0.25, 0.3) is 10.2 Å². The Balaban J connectivity index is 1.54. The highest BCUT2D eigenvalue weighted by molar-refractivity contribution is 7.86. The predicted molar refractivity (Wildman–Crippen MR) is 104 cm³/mol. The van der Waals surface area contributed by atoms with Crippen molar-refractivity contribution in [2.75, 3.05) is 89.4 Å². The Labute approximate surface area is 161 Å². The average molecular weight is 400 g/mol. The normalized spacial score (nSPS) is 20.4. The lowest BCUT2D eigenvalue weighted by molar-refractivity contribution is 0.188. The van der Waals surface area contributed by atoms with E-state index in [1.54, 1.807) is 14.1 Å². The van der Waals surface area contributed by atoms with Crippen LogP contribution in [0.2, 0.25) is 0 Å². The van der Waals surface area contributed by atoms with Crippen LogP contribution in [-0.4, -0.2) is 117 Å². The molecule has 0 atom stereocenters. The van der Waals surface area contributed by atoms with E-state index < -0.39 is 10.2 Å². The van der Waals surface area contributed by atoms with Crippen molar-refractivity contribution in [1.29, 1.82) is 0 Å². The van der Waals surface area contributed by atoms with Crippen LogP contribution in [0.25, 0.3) is 0 Å². The zero-order valence-corrected chi connectivity index (χ0v) is 16.8. The Morgan fingerprint density at radius 1 is 0.926 bits per heavy atom. The van der Waals surface area contributed by atoms with Crippen LogP contribution in [0.5, 0.6) is 0 Å². The van der Waals surface area contributed by atoms with E-state index >= 15 is 0 Å². The fourth-order valence-electron chi connectivity index (χ4n) is 3.38. The van der Waals surface area contributed by atoms with E-state index in [4.69, 9.17) is 5.11 Å². The Morgan fingerprint density at radius 2 is 1.41 bits per heavy atom. The van der Waals surface area contributed by atoms with Gasteiger partial charge in [-0.15, -0.1) is 10.2 Å². The third-order valence-electron chi connectivity index (χ3n) is 5.10. The van der Waals surface area contributed by atoms with E-state index in [0.29, 0.717) is 32.7 Å². The number of nitrogens with zero attached hydrogens (tertiary/aromatic N) is 7. The van der Waals surface area contributed by atoms with E-state index in [9.17, 15) is 8.42 Å². The quantitative estimate of drug-likeness (QED) is 0.619. The molecule has 0 unspecified atom stereocenters. The van der Waals surface area contributed by atoms with Crippen LogP contribution in [0.4, 0.5) is 11.6 Å². The predicted octanol–water partition coefficient (Wildman–Crippen LogP) is -1.48. The molecule has 3 rings (SSSR count). The van der Waals surface area contributed by atoms with Crippen molar-refractivity contribution in [1.82, 2.24) is 23.7 Å². The summed E-state index contributed by atoms with van der Waals surface area (Å²) in [5, 5.41) is 17.8. The van der Waals surface area contributed by atoms with Gasteiger partial charge in [0.2, 0.25) is 0 Å². The minimum absolute atomic E-state index is 0.192. The molecule has 0 aliphatic carbocycles. The molecular formula is C16H29N7O3S. The molecule has 0 bridgehead atoms. The summed E-state index contributed by atoms with van der Waals surface area (Å²) in [4.78, 5) is 6.50. The highest BCUT2D eigenvalue weighted by Crippen LogP contribution is 2.19. The van der Waals surface area contributed by atoms with Gasteiger partial charge in [-0.25, -0.2) is 0 Å². The van der Waals surface area contributed by atoms with E-state index in [-0.39, 0.29) is 6.61 Å². The van der Waals surface area contributed by atoms with Crippen LogP contribution < -0.4 is 9.80 Å². The first kappa shape index (κ1) is 20.2. The van der Waals surface area contributed by atoms with Gasteiger partial charge >= 0.3 is 0 Å². The summed E-state index contributed by atoms with van der Waals surface area (Å²) in [6, 6.07) is 3.94. The van der Waals surface area contributed by atoms with Crippen molar-refractivity contribution in [3.8, 4) is 0 Å². The molecule has 1 aromatic heterocycles. The van der Waals surface area contributed by atoms with Gasteiger partial charge in [0.15, 0.2) is 11.6 Å². The van der Waals surface area contributed by atoms with Crippen LogP contribution in [-0.2, 0) is 10.2 Å². The topological polar surface area (TPSA) is 96.4 Å². The van der Waals surface area contributed by atoms with Gasteiger partial charge in [-0.2, -0.15) is 17.0 Å². The molecule has 2 fully saturated rings. The van der Waals surface area contributed by atoms with Crippen LogP contribution in [0.15, 0.2) is 12.1 Å². The molecule has 0 radical (unpaired) electrons. The second-order valence-corrected chi connectivity index (χ2v) is 9.12. The third-order valence-corrected chi connectivity index (χ3v) is 7.04. The standard InChI is InChI=1S/C16H29N7O3S/c1-19(2)27(25,26)23-11-9-22(10-12-23)16-4-3-15(17-18-16)21-7-5-20(6-8-21)13-14-24/h3-4,24H,5-14H2,1-2H3. The van der Waals surface area contributed by atoms with Gasteiger partial charge < -0.3 is 14.9 Å². The van der Waals surface area contributed by atoms with Crippen LogP contribution in [0, 0.1) is 0 Å². The highest BCUT2D eigenvalue weighted by atomic mass is 32.2. The number of hydrogen-bond acceptors (Lipinski definition) is 8. The Kier molecular flexibility index (Phi) is 6.48. The third kappa shape index (κ3) is 4.66. The first-order valence-corrected chi connectivity index (χ1v) is 10.7. The van der Waals surface area contributed by atoms with E-state index in [1.165, 1.54) is 8.61 Å². The molecule has 0 amide bonds. The highest BCUT2D eigenvalue weighted by Gasteiger charge is 2.29. The summed E-state index contributed by atoms with van der Waals surface area (Å²) >= 11 is 0. The van der Waals surface area contributed by atoms with Gasteiger partial charge in [-0.05, 0) is 12.1 Å². The second kappa shape index (κ2) is 8.65. The van der Waals surface area contributed by atoms with Gasteiger partial charge in [-0.3, -0.25) is 4.90 Å². The zero-order valence-electron chi connectivity index (χ0n) is 16.0. The van der Waals surface area contributed by atoms with Crippen LogP contribution >= 0.6 is 0 Å². The van der Waals surface area contributed by atoms with Crippen LogP contribution in [0.1, 0.15) is 0 Å². The Bertz CT molecular complexity index is 697. The lowest BCUT2D eigenvalue weighted by atomic mass is 10.3. The van der Waals surface area contributed by atoms with E-state index in [0.717, 1.165) is 37.8 Å². The largest absolute Gasteiger partial charge is 0.395 e. The van der Waals surface area contributed by atoms with Crippen molar-refractivity contribution in [3.05, 3.63) is 12.1 Å². The number of β-amino-alcohol motifs (C(OH)–C–C–N with tert-alkyl or cyclic N) is 1. The first-order chi connectivity index (χ1) is 12.9. The summed E-state index contributed by atoms with van der Waals surface area (Å²) in [6.07, 6.45) is 0. The van der Waals surface area contributed by atoms with Crippen molar-refractivity contribution in [2.24, 2.45) is 0 Å². The lowest BCUT2D eigenvalue weighted by Gasteiger charge is -2.36. The molecule has 2 aliphatic rings. The monoisotopic (exact) mass is 399 g/mol. The molecule has 27 heavy (non-hydrogen) atoms. The molecule has 1 N–H and O–H groups in total. The SMILES string of the molecule is CN(C)S(=O)(=O)N1CCN(c2ccc(N3CCN(CCO)CC3)nn2)CC1. The lowest BCUT2D eigenvalue weighted by Crippen LogP contribution is -2.52. The van der Waals surface area contributed by atoms with Crippen molar-refractivity contribution >= 4 is 21.8 Å². The van der Waals surface area contributed by atoms with Gasteiger partial charge in [0.1, 0.15) is 0 Å². The molecule has 0 spiro atoms. The number of aromatic nitrogens is 2. The number of rotatable bonds is 6. The fraction of sp³-hybridized carbons (Fsp3) is 0.750. The summed E-state index contributed by atoms with van der Waals surface area (Å²) in [5.41, 5.74) is 0. The minimum atomic E-state index is -3.36. The van der Waals surface area contributed by atoms with E-state index in [2.05, 4.69) is 24.9 Å². The molecule has 2 aliphatic heterocycles. The Morgan fingerprint density at radius 3 is 1.81 bits per heavy atom. The molecular weight excluding hydrogens is 370 g/mol. The zero-order chi connectivity index (χ0) is 19.4. The summed E-state index contributed by atoms with van der Waals surface area (Å²) in [7, 11) is -0.256. The molecule has 10 nitrogen and oxygen atoms in total. The summed E-state index contributed by atoms with van der Waals surface area (Å²) in [5.74, 6) is 1.63. The van der Waals surface area contributed by atoms with Gasteiger partial charge in [0.05, 0.1) is 6.61 Å². The van der Waals surface area contributed by atoms with Crippen molar-refractivity contribution in [3.63, 3.8) is 0 Å².